The number of hydrogen-bond acceptors (Lipinski definition) is 4. The standard InChI is InChI=1S/C9H14N2O4/c1-15-5-6-7(3-2-4-12)10-9(14)11-8(6)13/h12H,2-5H2,1H3,(H2,10,11,13,14). The largest absolute Gasteiger partial charge is 0.396 e. The van der Waals surface area contributed by atoms with Gasteiger partial charge in [0.25, 0.3) is 5.56 Å². The fourth-order valence-electron chi connectivity index (χ4n) is 1.33. The van der Waals surface area contributed by atoms with Crippen molar-refractivity contribution in [3.8, 4) is 0 Å². The maximum absolute atomic E-state index is 11.4. The lowest BCUT2D eigenvalue weighted by Gasteiger charge is -2.05. The van der Waals surface area contributed by atoms with Crippen LogP contribution in [0.2, 0.25) is 0 Å². The second-order valence-corrected chi connectivity index (χ2v) is 3.13. The normalized spacial score (nSPS) is 10.5. The molecule has 0 fully saturated rings. The lowest BCUT2D eigenvalue weighted by atomic mass is 10.1. The smallest absolute Gasteiger partial charge is 0.325 e. The van der Waals surface area contributed by atoms with Gasteiger partial charge in [0.1, 0.15) is 0 Å². The molecule has 1 rings (SSSR count). The average Bonchev–Trinajstić information content (AvgIpc) is 2.19. The zero-order valence-corrected chi connectivity index (χ0v) is 8.50. The number of hydrogen-bond donors (Lipinski definition) is 3. The molecule has 0 spiro atoms. The van der Waals surface area contributed by atoms with Crippen molar-refractivity contribution in [1.29, 1.82) is 0 Å². The number of nitrogens with one attached hydrogen (secondary N) is 2. The Morgan fingerprint density at radius 2 is 2.07 bits per heavy atom. The lowest BCUT2D eigenvalue weighted by molar-refractivity contribution is 0.182. The zero-order valence-electron chi connectivity index (χ0n) is 8.50. The maximum atomic E-state index is 11.4. The average molecular weight is 214 g/mol. The molecule has 1 aromatic heterocycles. The number of aryl methyl sites for hydroxylation is 1. The molecule has 0 saturated carbocycles. The van der Waals surface area contributed by atoms with Gasteiger partial charge in [0, 0.05) is 19.4 Å². The maximum Gasteiger partial charge on any atom is 0.325 e. The van der Waals surface area contributed by atoms with Gasteiger partial charge in [-0.25, -0.2) is 4.79 Å². The molecule has 0 unspecified atom stereocenters. The van der Waals surface area contributed by atoms with Gasteiger partial charge < -0.3 is 14.8 Å². The van der Waals surface area contributed by atoms with Gasteiger partial charge in [-0.3, -0.25) is 9.78 Å². The summed E-state index contributed by atoms with van der Waals surface area (Å²) in [5.41, 5.74) is -0.0356. The molecule has 0 bridgehead atoms. The van der Waals surface area contributed by atoms with E-state index in [4.69, 9.17) is 9.84 Å². The Morgan fingerprint density at radius 1 is 1.33 bits per heavy atom. The SMILES string of the molecule is COCc1c(CCCO)[nH]c(=O)[nH]c1=O. The molecule has 84 valence electrons. The topological polar surface area (TPSA) is 95.2 Å². The van der Waals surface area contributed by atoms with Crippen LogP contribution in [-0.4, -0.2) is 28.8 Å². The van der Waals surface area contributed by atoms with Gasteiger partial charge in [-0.2, -0.15) is 0 Å². The van der Waals surface area contributed by atoms with Crippen LogP contribution < -0.4 is 11.2 Å². The summed E-state index contributed by atoms with van der Waals surface area (Å²) in [7, 11) is 1.47. The Bertz CT molecular complexity index is 421. The van der Waals surface area contributed by atoms with Gasteiger partial charge in [0.05, 0.1) is 12.2 Å². The van der Waals surface area contributed by atoms with Crippen LogP contribution in [0.5, 0.6) is 0 Å². The van der Waals surface area contributed by atoms with Crippen molar-refractivity contribution < 1.29 is 9.84 Å². The first-order valence-electron chi connectivity index (χ1n) is 4.63. The Hall–Kier alpha value is -1.40. The Balaban J connectivity index is 3.09. The second kappa shape index (κ2) is 5.47. The Morgan fingerprint density at radius 3 is 2.67 bits per heavy atom. The van der Waals surface area contributed by atoms with Gasteiger partial charge >= 0.3 is 5.69 Å². The molecule has 6 nitrogen and oxygen atoms in total. The molecule has 0 amide bonds. The van der Waals surface area contributed by atoms with Crippen molar-refractivity contribution in [1.82, 2.24) is 9.97 Å². The van der Waals surface area contributed by atoms with Crippen LogP contribution in [0.25, 0.3) is 0 Å². The highest BCUT2D eigenvalue weighted by Gasteiger charge is 2.08. The molecule has 1 aromatic rings. The minimum absolute atomic E-state index is 0.0151. The second-order valence-electron chi connectivity index (χ2n) is 3.13. The van der Waals surface area contributed by atoms with Crippen LogP contribution in [0, 0.1) is 0 Å². The highest BCUT2D eigenvalue weighted by molar-refractivity contribution is 5.15. The highest BCUT2D eigenvalue weighted by atomic mass is 16.5. The third-order valence-electron chi connectivity index (χ3n) is 2.00. The van der Waals surface area contributed by atoms with E-state index in [0.29, 0.717) is 24.1 Å². The molecule has 1 heterocycles. The number of aliphatic hydroxyl groups excluding tert-OH is 1. The van der Waals surface area contributed by atoms with Crippen LogP contribution in [0.15, 0.2) is 9.59 Å². The summed E-state index contributed by atoms with van der Waals surface area (Å²) < 4.78 is 4.86. The molecular formula is C9H14N2O4. The number of aromatic amines is 2. The third-order valence-corrected chi connectivity index (χ3v) is 2.00. The molecule has 0 saturated heterocycles. The molecule has 0 aliphatic heterocycles. The number of ether oxygens (including phenoxy) is 1. The van der Waals surface area contributed by atoms with Crippen LogP contribution in [0.1, 0.15) is 17.7 Å². The van der Waals surface area contributed by atoms with Crippen molar-refractivity contribution in [3.05, 3.63) is 32.1 Å². The summed E-state index contributed by atoms with van der Waals surface area (Å²) in [6.07, 6.45) is 0.949. The van der Waals surface area contributed by atoms with Crippen molar-refractivity contribution in [2.24, 2.45) is 0 Å². The summed E-state index contributed by atoms with van der Waals surface area (Å²) in [6.45, 7) is 0.161. The Labute approximate surface area is 85.9 Å². The number of rotatable bonds is 5. The molecule has 0 aromatic carbocycles. The van der Waals surface area contributed by atoms with Gasteiger partial charge in [-0.05, 0) is 12.8 Å². The highest BCUT2D eigenvalue weighted by Crippen LogP contribution is 2.02. The van der Waals surface area contributed by atoms with E-state index in [0.717, 1.165) is 0 Å². The molecular weight excluding hydrogens is 200 g/mol. The quantitative estimate of drug-likeness (QED) is 0.594. The molecule has 15 heavy (non-hydrogen) atoms. The predicted octanol–water partition coefficient (Wildman–Crippen LogP) is -0.865. The van der Waals surface area contributed by atoms with Gasteiger partial charge in [0.2, 0.25) is 0 Å². The van der Waals surface area contributed by atoms with Gasteiger partial charge in [-0.15, -0.1) is 0 Å². The first kappa shape index (κ1) is 11.7. The molecule has 0 aliphatic rings. The van der Waals surface area contributed by atoms with Gasteiger partial charge in [0.15, 0.2) is 0 Å². The van der Waals surface area contributed by atoms with Gasteiger partial charge in [-0.1, -0.05) is 0 Å². The predicted molar refractivity (Wildman–Crippen MR) is 53.8 cm³/mol. The summed E-state index contributed by atoms with van der Waals surface area (Å²) in [5, 5.41) is 8.68. The van der Waals surface area contributed by atoms with E-state index in [1.54, 1.807) is 0 Å². The summed E-state index contributed by atoms with van der Waals surface area (Å²) in [6, 6.07) is 0. The lowest BCUT2D eigenvalue weighted by Crippen LogP contribution is -2.28. The van der Waals surface area contributed by atoms with Crippen molar-refractivity contribution in [2.75, 3.05) is 13.7 Å². The van der Waals surface area contributed by atoms with E-state index in [-0.39, 0.29) is 13.2 Å². The van der Waals surface area contributed by atoms with Crippen LogP contribution in [0.4, 0.5) is 0 Å². The fraction of sp³-hybridized carbons (Fsp3) is 0.556. The number of aromatic nitrogens is 2. The molecule has 6 heteroatoms. The monoisotopic (exact) mass is 214 g/mol. The summed E-state index contributed by atoms with van der Waals surface area (Å²) in [5.74, 6) is 0. The van der Waals surface area contributed by atoms with Crippen LogP contribution in [0.3, 0.4) is 0 Å². The fourth-order valence-corrected chi connectivity index (χ4v) is 1.33. The van der Waals surface area contributed by atoms with E-state index in [1.165, 1.54) is 7.11 Å². The van der Waals surface area contributed by atoms with Crippen LogP contribution in [-0.2, 0) is 17.8 Å². The van der Waals surface area contributed by atoms with E-state index >= 15 is 0 Å². The number of methoxy groups -OCH3 is 1. The van der Waals surface area contributed by atoms with Crippen LogP contribution >= 0.6 is 0 Å². The summed E-state index contributed by atoms with van der Waals surface area (Å²) >= 11 is 0. The Kier molecular flexibility index (Phi) is 4.26. The van der Waals surface area contributed by atoms with Crippen molar-refractivity contribution >= 4 is 0 Å². The van der Waals surface area contributed by atoms with E-state index in [2.05, 4.69) is 9.97 Å². The number of aliphatic hydroxyl groups is 1. The third kappa shape index (κ3) is 3.03. The first-order valence-corrected chi connectivity index (χ1v) is 4.63. The minimum atomic E-state index is -0.534. The first-order chi connectivity index (χ1) is 7.19. The van der Waals surface area contributed by atoms with Crippen molar-refractivity contribution in [3.63, 3.8) is 0 Å². The molecule has 0 atom stereocenters. The van der Waals surface area contributed by atoms with E-state index in [9.17, 15) is 9.59 Å². The minimum Gasteiger partial charge on any atom is -0.396 e. The van der Waals surface area contributed by atoms with E-state index < -0.39 is 11.2 Å². The molecule has 3 N–H and O–H groups in total. The summed E-state index contributed by atoms with van der Waals surface area (Å²) in [4.78, 5) is 27.1. The zero-order chi connectivity index (χ0) is 11.3. The molecule has 0 radical (unpaired) electrons. The number of H-pyrrole nitrogens is 2. The van der Waals surface area contributed by atoms with Crippen molar-refractivity contribution in [2.45, 2.75) is 19.4 Å². The van der Waals surface area contributed by atoms with E-state index in [1.807, 2.05) is 0 Å². The molecule has 0 aliphatic carbocycles.